The maximum absolute atomic E-state index is 13.1. The number of ether oxygens (including phenoxy) is 1. The van der Waals surface area contributed by atoms with Gasteiger partial charge in [-0.2, -0.15) is 4.31 Å². The van der Waals surface area contributed by atoms with Crippen molar-refractivity contribution in [1.29, 1.82) is 0 Å². The molecule has 1 aromatic rings. The number of rotatable bonds is 7. The molecule has 2 amide bonds. The first kappa shape index (κ1) is 25.3. The molecule has 1 atom stereocenters. The minimum absolute atomic E-state index is 0. The van der Waals surface area contributed by atoms with Crippen LogP contribution >= 0.6 is 12.4 Å². The third-order valence-corrected chi connectivity index (χ3v) is 7.47. The summed E-state index contributed by atoms with van der Waals surface area (Å²) in [6, 6.07) is 4.47. The Labute approximate surface area is 188 Å². The van der Waals surface area contributed by atoms with Gasteiger partial charge in [0, 0.05) is 19.6 Å². The first-order valence-electron chi connectivity index (χ1n) is 9.97. The Morgan fingerprint density at radius 1 is 1.16 bits per heavy atom. The third-order valence-electron chi connectivity index (χ3n) is 5.60. The summed E-state index contributed by atoms with van der Waals surface area (Å²) < 4.78 is 32.1. The SMILES string of the molecule is COc1ccc(S(=O)(=O)N2CC(=O)N(CCN3CCCCC3)CC2C(=O)NO)cc1.Cl. The van der Waals surface area contributed by atoms with Crippen LogP contribution in [0.15, 0.2) is 29.2 Å². The molecule has 2 N–H and O–H groups in total. The van der Waals surface area contributed by atoms with Gasteiger partial charge in [-0.1, -0.05) is 6.42 Å². The van der Waals surface area contributed by atoms with Crippen molar-refractivity contribution in [3.63, 3.8) is 0 Å². The zero-order valence-corrected chi connectivity index (χ0v) is 19.0. The zero-order chi connectivity index (χ0) is 21.7. The molecule has 2 fully saturated rings. The molecule has 2 heterocycles. The number of likely N-dealkylation sites (tertiary alicyclic amines) is 1. The minimum atomic E-state index is -4.14. The van der Waals surface area contributed by atoms with Crippen molar-refractivity contribution < 1.29 is 28.0 Å². The van der Waals surface area contributed by atoms with E-state index < -0.39 is 28.5 Å². The predicted molar refractivity (Wildman–Crippen MR) is 115 cm³/mol. The van der Waals surface area contributed by atoms with E-state index in [1.165, 1.54) is 48.2 Å². The molecule has 0 radical (unpaired) electrons. The number of benzene rings is 1. The van der Waals surface area contributed by atoms with Crippen molar-refractivity contribution in [2.45, 2.75) is 30.2 Å². The lowest BCUT2D eigenvalue weighted by Crippen LogP contribution is -2.62. The van der Waals surface area contributed by atoms with Gasteiger partial charge in [-0.3, -0.25) is 14.8 Å². The van der Waals surface area contributed by atoms with E-state index in [1.807, 2.05) is 0 Å². The van der Waals surface area contributed by atoms with Crippen molar-refractivity contribution in [3.05, 3.63) is 24.3 Å². The van der Waals surface area contributed by atoms with Crippen molar-refractivity contribution >= 4 is 34.2 Å². The molecule has 1 unspecified atom stereocenters. The number of halogens is 1. The maximum Gasteiger partial charge on any atom is 0.263 e. The normalized spacial score (nSPS) is 20.8. The van der Waals surface area contributed by atoms with Crippen LogP contribution in [0.1, 0.15) is 19.3 Å². The second kappa shape index (κ2) is 11.1. The highest BCUT2D eigenvalue weighted by atomic mass is 35.5. The van der Waals surface area contributed by atoms with Gasteiger partial charge in [0.2, 0.25) is 15.9 Å². The second-order valence-electron chi connectivity index (χ2n) is 7.46. The summed E-state index contributed by atoms with van der Waals surface area (Å²) in [6.07, 6.45) is 3.45. The number of sulfonamides is 1. The summed E-state index contributed by atoms with van der Waals surface area (Å²) in [7, 11) is -2.67. The number of methoxy groups -OCH3 is 1. The van der Waals surface area contributed by atoms with Gasteiger partial charge in [0.15, 0.2) is 0 Å². The molecule has 12 heteroatoms. The van der Waals surface area contributed by atoms with E-state index in [0.29, 0.717) is 18.8 Å². The van der Waals surface area contributed by atoms with Gasteiger partial charge in [0.25, 0.3) is 5.91 Å². The fourth-order valence-corrected chi connectivity index (χ4v) is 5.36. The van der Waals surface area contributed by atoms with Crippen LogP contribution < -0.4 is 10.2 Å². The van der Waals surface area contributed by atoms with Crippen LogP contribution in [0.25, 0.3) is 0 Å². The van der Waals surface area contributed by atoms with Gasteiger partial charge in [-0.25, -0.2) is 13.9 Å². The molecule has 2 aliphatic rings. The molecule has 0 bridgehead atoms. The number of carbonyl (C=O) groups is 2. The summed E-state index contributed by atoms with van der Waals surface area (Å²) in [5, 5.41) is 9.15. The Balaban J connectivity index is 0.00000341. The summed E-state index contributed by atoms with van der Waals surface area (Å²) in [6.45, 7) is 2.44. The fourth-order valence-electron chi connectivity index (χ4n) is 3.83. The summed E-state index contributed by atoms with van der Waals surface area (Å²) >= 11 is 0. The van der Waals surface area contributed by atoms with Gasteiger partial charge >= 0.3 is 0 Å². The Morgan fingerprint density at radius 2 is 1.81 bits per heavy atom. The molecule has 0 aliphatic carbocycles. The molecule has 2 aliphatic heterocycles. The Hall–Kier alpha value is -1.92. The van der Waals surface area contributed by atoms with Crippen LogP contribution in [0, 0.1) is 0 Å². The number of piperidine rings is 1. The number of carbonyl (C=O) groups excluding carboxylic acids is 2. The van der Waals surface area contributed by atoms with E-state index in [-0.39, 0.29) is 29.8 Å². The maximum atomic E-state index is 13.1. The number of amides is 2. The van der Waals surface area contributed by atoms with Gasteiger partial charge < -0.3 is 14.5 Å². The highest BCUT2D eigenvalue weighted by Gasteiger charge is 2.43. The first-order valence-corrected chi connectivity index (χ1v) is 11.4. The summed E-state index contributed by atoms with van der Waals surface area (Å²) in [5.41, 5.74) is 1.53. The van der Waals surface area contributed by atoms with Crippen molar-refractivity contribution in [2.75, 3.05) is 46.4 Å². The zero-order valence-electron chi connectivity index (χ0n) is 17.4. The second-order valence-corrected chi connectivity index (χ2v) is 9.35. The third kappa shape index (κ3) is 5.86. The lowest BCUT2D eigenvalue weighted by Gasteiger charge is -2.39. The Kier molecular flexibility index (Phi) is 9.07. The molecule has 0 aromatic heterocycles. The van der Waals surface area contributed by atoms with Crippen LogP contribution in [-0.4, -0.2) is 92.0 Å². The van der Waals surface area contributed by atoms with E-state index in [1.54, 1.807) is 0 Å². The van der Waals surface area contributed by atoms with Crippen molar-refractivity contribution in [3.8, 4) is 5.75 Å². The van der Waals surface area contributed by atoms with Crippen LogP contribution in [0.4, 0.5) is 0 Å². The highest BCUT2D eigenvalue weighted by Crippen LogP contribution is 2.24. The molecule has 10 nitrogen and oxygen atoms in total. The van der Waals surface area contributed by atoms with E-state index in [9.17, 15) is 18.0 Å². The quantitative estimate of drug-likeness (QED) is 0.429. The highest BCUT2D eigenvalue weighted by molar-refractivity contribution is 7.89. The molecule has 0 spiro atoms. The fraction of sp³-hybridized carbons (Fsp3) is 0.579. The van der Waals surface area contributed by atoms with Crippen molar-refractivity contribution in [1.82, 2.24) is 19.6 Å². The average Bonchev–Trinajstić information content (AvgIpc) is 2.78. The number of nitrogens with one attached hydrogen (secondary N) is 1. The molecular formula is C19H29ClN4O6S. The van der Waals surface area contributed by atoms with Gasteiger partial charge in [-0.15, -0.1) is 12.4 Å². The topological polar surface area (TPSA) is 119 Å². The largest absolute Gasteiger partial charge is 0.497 e. The summed E-state index contributed by atoms with van der Waals surface area (Å²) in [5.74, 6) is -0.758. The molecule has 0 saturated carbocycles. The standard InChI is InChI=1S/C19H28N4O6S.ClH/c1-29-15-5-7-16(8-6-15)30(27,28)23-14-18(24)22(13-17(23)19(25)20-26)12-11-21-9-3-2-4-10-21;/h5-8,17,26H,2-4,9-14H2,1H3,(H,20,25);1H. The molecule has 174 valence electrons. The molecule has 1 aromatic carbocycles. The lowest BCUT2D eigenvalue weighted by molar-refractivity contribution is -0.143. The Bertz CT molecular complexity index is 861. The molecule has 2 saturated heterocycles. The van der Waals surface area contributed by atoms with Gasteiger partial charge in [0.1, 0.15) is 11.8 Å². The van der Waals surface area contributed by atoms with Crippen LogP contribution in [-0.2, 0) is 19.6 Å². The molecule has 31 heavy (non-hydrogen) atoms. The van der Waals surface area contributed by atoms with Crippen molar-refractivity contribution in [2.24, 2.45) is 0 Å². The Morgan fingerprint density at radius 3 is 2.39 bits per heavy atom. The number of hydrogen-bond acceptors (Lipinski definition) is 7. The predicted octanol–water partition coefficient (Wildman–Crippen LogP) is 0.310. The molecular weight excluding hydrogens is 448 g/mol. The summed E-state index contributed by atoms with van der Waals surface area (Å²) in [4.78, 5) is 28.7. The average molecular weight is 477 g/mol. The van der Waals surface area contributed by atoms with Crippen LogP contribution in [0.2, 0.25) is 0 Å². The van der Waals surface area contributed by atoms with E-state index in [0.717, 1.165) is 30.2 Å². The number of piperazine rings is 1. The van der Waals surface area contributed by atoms with Gasteiger partial charge in [0.05, 0.1) is 18.6 Å². The smallest absolute Gasteiger partial charge is 0.263 e. The first-order chi connectivity index (χ1) is 14.4. The van der Waals surface area contributed by atoms with E-state index in [4.69, 9.17) is 9.94 Å². The minimum Gasteiger partial charge on any atom is -0.497 e. The number of hydrogen-bond donors (Lipinski definition) is 2. The lowest BCUT2D eigenvalue weighted by atomic mass is 10.1. The monoisotopic (exact) mass is 476 g/mol. The van der Waals surface area contributed by atoms with E-state index in [2.05, 4.69) is 4.90 Å². The number of nitrogens with zero attached hydrogens (tertiary/aromatic N) is 3. The number of hydroxylamine groups is 1. The van der Waals surface area contributed by atoms with Crippen LogP contribution in [0.5, 0.6) is 5.75 Å². The molecule has 3 rings (SSSR count). The van der Waals surface area contributed by atoms with E-state index >= 15 is 0 Å². The van der Waals surface area contributed by atoms with Crippen LogP contribution in [0.3, 0.4) is 0 Å². The van der Waals surface area contributed by atoms with Gasteiger partial charge in [-0.05, 0) is 50.2 Å².